The van der Waals surface area contributed by atoms with Gasteiger partial charge in [-0.15, -0.1) is 5.10 Å². The molecule has 9 nitrogen and oxygen atoms in total. The quantitative estimate of drug-likeness (QED) is 0.163. The molecule has 2 heterocycles. The van der Waals surface area contributed by atoms with Crippen molar-refractivity contribution in [3.8, 4) is 17.2 Å². The Hall–Kier alpha value is -4.44. The van der Waals surface area contributed by atoms with Gasteiger partial charge in [-0.05, 0) is 61.9 Å². The first kappa shape index (κ1) is 30.0. The molecule has 0 radical (unpaired) electrons. The molecule has 0 aliphatic carbocycles. The normalized spacial score (nSPS) is 14.1. The molecule has 0 bridgehead atoms. The summed E-state index contributed by atoms with van der Waals surface area (Å²) in [7, 11) is 0. The summed E-state index contributed by atoms with van der Waals surface area (Å²) in [4.78, 5) is 18.7. The van der Waals surface area contributed by atoms with Crippen molar-refractivity contribution in [2.24, 2.45) is 0 Å². The van der Waals surface area contributed by atoms with Crippen LogP contribution in [0.3, 0.4) is 0 Å². The van der Waals surface area contributed by atoms with Crippen LogP contribution in [0.5, 0.6) is 17.2 Å². The van der Waals surface area contributed by atoms with E-state index in [4.69, 9.17) is 24.3 Å². The Morgan fingerprint density at radius 1 is 0.930 bits per heavy atom. The van der Waals surface area contributed by atoms with Crippen LogP contribution in [0.15, 0.2) is 89.2 Å². The van der Waals surface area contributed by atoms with Crippen molar-refractivity contribution in [2.45, 2.75) is 45.3 Å². The monoisotopic (exact) mass is 599 g/mol. The number of carbonyl (C=O) groups excluding carboxylic acids is 1. The van der Waals surface area contributed by atoms with Gasteiger partial charge < -0.3 is 24.8 Å². The number of nitrogens with one attached hydrogen (secondary N) is 2. The molecule has 4 aromatic rings. The van der Waals surface area contributed by atoms with E-state index < -0.39 is 6.04 Å². The Labute approximate surface area is 256 Å². The van der Waals surface area contributed by atoms with Crippen molar-refractivity contribution < 1.29 is 19.0 Å². The molecule has 10 heteroatoms. The van der Waals surface area contributed by atoms with Crippen LogP contribution in [0.2, 0.25) is 0 Å². The van der Waals surface area contributed by atoms with Crippen molar-refractivity contribution in [3.05, 3.63) is 95.2 Å². The number of amides is 1. The van der Waals surface area contributed by atoms with Crippen molar-refractivity contribution in [3.63, 3.8) is 0 Å². The molecule has 2 N–H and O–H groups in total. The van der Waals surface area contributed by atoms with E-state index in [9.17, 15) is 4.79 Å². The molecular formula is C33H37N5O4S. The molecule has 1 atom stereocenters. The van der Waals surface area contributed by atoms with Gasteiger partial charge in [-0.3, -0.25) is 4.79 Å². The van der Waals surface area contributed by atoms with E-state index in [1.807, 2.05) is 81.4 Å². The van der Waals surface area contributed by atoms with E-state index in [1.165, 1.54) is 5.56 Å². The zero-order valence-electron chi connectivity index (χ0n) is 24.9. The fraction of sp³-hybridized carbons (Fsp3) is 0.303. The molecule has 1 amide bonds. The molecule has 0 saturated carbocycles. The summed E-state index contributed by atoms with van der Waals surface area (Å²) < 4.78 is 19.7. The van der Waals surface area contributed by atoms with Gasteiger partial charge in [-0.2, -0.15) is 4.98 Å². The number of ether oxygens (including phenoxy) is 3. The van der Waals surface area contributed by atoms with Gasteiger partial charge in [0.05, 0.1) is 31.1 Å². The van der Waals surface area contributed by atoms with E-state index in [2.05, 4.69) is 29.7 Å². The molecule has 1 aliphatic heterocycles. The molecular weight excluding hydrogens is 562 g/mol. The standard InChI is InChI=1S/C33H37N5O4S/c1-5-40-26-16-12-11-15-25(26)35-31(39)29-22(4)34-32-36-33(43-7-3)37-38(32)30(29)24-17-18-27(28(21-24)41-6-2)42-20-19-23-13-9-8-10-14-23/h8-18,21,30H,5-7,19-20H2,1-4H3,(H,35,39)(H,34,36,37). The lowest BCUT2D eigenvalue weighted by Gasteiger charge is -2.29. The van der Waals surface area contributed by atoms with Crippen LogP contribution >= 0.6 is 11.8 Å². The Bertz CT molecular complexity index is 1590. The lowest BCUT2D eigenvalue weighted by molar-refractivity contribution is -0.113. The first-order valence-corrected chi connectivity index (χ1v) is 15.5. The maximum Gasteiger partial charge on any atom is 0.255 e. The zero-order chi connectivity index (χ0) is 30.2. The predicted molar refractivity (Wildman–Crippen MR) is 170 cm³/mol. The second-order valence-corrected chi connectivity index (χ2v) is 11.0. The molecule has 1 unspecified atom stereocenters. The molecule has 0 saturated heterocycles. The predicted octanol–water partition coefficient (Wildman–Crippen LogP) is 6.74. The van der Waals surface area contributed by atoms with E-state index in [0.717, 1.165) is 17.7 Å². The number of aromatic nitrogens is 3. The van der Waals surface area contributed by atoms with Gasteiger partial charge >= 0.3 is 0 Å². The lowest BCUT2D eigenvalue weighted by Crippen LogP contribution is -2.31. The zero-order valence-corrected chi connectivity index (χ0v) is 25.7. The fourth-order valence-electron chi connectivity index (χ4n) is 4.97. The van der Waals surface area contributed by atoms with E-state index in [1.54, 1.807) is 16.4 Å². The minimum absolute atomic E-state index is 0.269. The topological polar surface area (TPSA) is 99.5 Å². The Morgan fingerprint density at radius 3 is 2.44 bits per heavy atom. The number of thioether (sulfide) groups is 1. The van der Waals surface area contributed by atoms with Crippen LogP contribution in [-0.2, 0) is 11.2 Å². The number of hydrogen-bond acceptors (Lipinski definition) is 8. The minimum Gasteiger partial charge on any atom is -0.492 e. The van der Waals surface area contributed by atoms with Crippen molar-refractivity contribution in [2.75, 3.05) is 36.2 Å². The third kappa shape index (κ3) is 6.97. The van der Waals surface area contributed by atoms with E-state index in [-0.39, 0.29) is 5.91 Å². The summed E-state index contributed by atoms with van der Waals surface area (Å²) in [6.07, 6.45) is 0.776. The van der Waals surface area contributed by atoms with Crippen LogP contribution in [0, 0.1) is 0 Å². The van der Waals surface area contributed by atoms with Gasteiger partial charge in [0.25, 0.3) is 5.91 Å². The minimum atomic E-state index is -0.563. The lowest BCUT2D eigenvalue weighted by atomic mass is 9.94. The SMILES string of the molecule is CCOc1ccccc1NC(=O)C1=C(C)Nc2nc(SCC)nn2C1c1ccc(OCCc2ccccc2)c(OCC)c1. The smallest absolute Gasteiger partial charge is 0.255 e. The van der Waals surface area contributed by atoms with Crippen LogP contribution < -0.4 is 24.8 Å². The molecule has 43 heavy (non-hydrogen) atoms. The highest BCUT2D eigenvalue weighted by Crippen LogP contribution is 2.40. The van der Waals surface area contributed by atoms with Crippen molar-refractivity contribution in [1.29, 1.82) is 0 Å². The van der Waals surface area contributed by atoms with E-state index >= 15 is 0 Å². The highest BCUT2D eigenvalue weighted by molar-refractivity contribution is 7.99. The number of hydrogen-bond donors (Lipinski definition) is 2. The molecule has 0 spiro atoms. The molecule has 1 aromatic heterocycles. The van der Waals surface area contributed by atoms with Gasteiger partial charge in [0, 0.05) is 12.1 Å². The first-order valence-electron chi connectivity index (χ1n) is 14.6. The number of para-hydroxylation sites is 2. The highest BCUT2D eigenvalue weighted by atomic mass is 32.2. The summed E-state index contributed by atoms with van der Waals surface area (Å²) in [6, 6.07) is 22.9. The Morgan fingerprint density at radius 2 is 1.67 bits per heavy atom. The summed E-state index contributed by atoms with van der Waals surface area (Å²) >= 11 is 1.54. The number of fused-ring (bicyclic) bond motifs is 1. The van der Waals surface area contributed by atoms with E-state index in [0.29, 0.717) is 65.1 Å². The Balaban J connectivity index is 1.50. The number of nitrogens with zero attached hydrogens (tertiary/aromatic N) is 3. The van der Waals surface area contributed by atoms with Gasteiger partial charge in [0.1, 0.15) is 11.8 Å². The molecule has 1 aliphatic rings. The highest BCUT2D eigenvalue weighted by Gasteiger charge is 2.35. The number of allylic oxidation sites excluding steroid dienone is 1. The second-order valence-electron chi connectivity index (χ2n) is 9.77. The average Bonchev–Trinajstić information content (AvgIpc) is 3.41. The second kappa shape index (κ2) is 14.2. The summed E-state index contributed by atoms with van der Waals surface area (Å²) in [5.74, 6) is 2.99. The molecule has 224 valence electrons. The first-order chi connectivity index (χ1) is 21.0. The van der Waals surface area contributed by atoms with Crippen LogP contribution in [0.25, 0.3) is 0 Å². The average molecular weight is 600 g/mol. The molecule has 5 rings (SSSR count). The van der Waals surface area contributed by atoms with Crippen LogP contribution in [-0.4, -0.2) is 46.2 Å². The van der Waals surface area contributed by atoms with Gasteiger partial charge in [-0.1, -0.05) is 67.2 Å². The number of anilines is 2. The third-order valence-corrected chi connectivity index (χ3v) is 7.58. The summed E-state index contributed by atoms with van der Waals surface area (Å²) in [5, 5.41) is 11.8. The van der Waals surface area contributed by atoms with Gasteiger partial charge in [0.15, 0.2) is 11.5 Å². The van der Waals surface area contributed by atoms with Gasteiger partial charge in [-0.25, -0.2) is 4.68 Å². The number of carbonyl (C=O) groups is 1. The molecule has 0 fully saturated rings. The van der Waals surface area contributed by atoms with Gasteiger partial charge in [0.2, 0.25) is 11.1 Å². The maximum absolute atomic E-state index is 14.0. The third-order valence-electron chi connectivity index (χ3n) is 6.86. The summed E-state index contributed by atoms with van der Waals surface area (Å²) in [5.41, 5.74) is 3.81. The van der Waals surface area contributed by atoms with Crippen molar-refractivity contribution in [1.82, 2.24) is 14.8 Å². The Kier molecular flexibility index (Phi) is 9.88. The summed E-state index contributed by atoms with van der Waals surface area (Å²) in [6.45, 7) is 9.24. The number of benzene rings is 3. The van der Waals surface area contributed by atoms with Crippen LogP contribution in [0.4, 0.5) is 11.6 Å². The largest absolute Gasteiger partial charge is 0.492 e. The number of rotatable bonds is 13. The van der Waals surface area contributed by atoms with Crippen LogP contribution in [0.1, 0.15) is 44.9 Å². The molecule has 3 aromatic carbocycles. The fourth-order valence-corrected chi connectivity index (χ4v) is 5.53. The maximum atomic E-state index is 14.0. The van der Waals surface area contributed by atoms with Crippen molar-refractivity contribution >= 4 is 29.3 Å².